The maximum absolute atomic E-state index is 5.79. The number of fused-ring (bicyclic) bond motifs is 9. The van der Waals surface area contributed by atoms with Gasteiger partial charge in [0.15, 0.2) is 17.5 Å². The number of benzene rings is 3. The Morgan fingerprint density at radius 1 is 0.447 bits per heavy atom. The topological polar surface area (TPSA) is 217 Å². The van der Waals surface area contributed by atoms with Crippen LogP contribution >= 0.6 is 0 Å². The van der Waals surface area contributed by atoms with Gasteiger partial charge in [-0.25, -0.2) is 15.0 Å². The van der Waals surface area contributed by atoms with Crippen molar-refractivity contribution >= 4 is 67.2 Å². The van der Waals surface area contributed by atoms with E-state index >= 15 is 0 Å². The van der Waals surface area contributed by atoms with Crippen molar-refractivity contribution in [1.82, 2.24) is 61.1 Å². The summed E-state index contributed by atoms with van der Waals surface area (Å²) in [6.45, 7) is 26.7. The lowest BCUT2D eigenvalue weighted by Crippen LogP contribution is -2.37. The number of anilines is 6. The molecule has 15 rings (SSSR count). The van der Waals surface area contributed by atoms with E-state index in [9.17, 15) is 0 Å². The fraction of sp³-hybridized carbons (Fsp3) is 0.466. The third kappa shape index (κ3) is 13.1. The van der Waals surface area contributed by atoms with Gasteiger partial charge in [0.25, 0.3) is 0 Å². The minimum atomic E-state index is 0.111. The van der Waals surface area contributed by atoms with Crippen molar-refractivity contribution in [3.05, 3.63) is 159 Å². The number of ether oxygens (including phenoxy) is 3. The molecule has 21 heteroatoms. The fourth-order valence-corrected chi connectivity index (χ4v) is 14.7. The molecule has 0 amide bonds. The smallest absolute Gasteiger partial charge is 0.157 e. The standard InChI is InChI=1S/C25H32N6O.2C24H30N6O/c1-15-7-6-8-20(16(15)2)17(3)27-25-21-10-24(31-12-19-9-18(31)14-32-19)26-11-22(21)23(28-29-25)13-30(4)5;2*1-14-6-5-7-19(15(14)2)16(3)27-24-20-9-23(30-12-18-8-17(30)13-31-18)26-10-21(20)22(11-25-4)28-29-24/h6-8,10-11,17-19H,9,12-14H2,1-5H3,(H,27,29);2*5-7,9-10,16-18,25H,8,11-13H2,1-4H3,(H,27,29)/t17-,18-,19-;2*16-,17-,18-/m111/s1. The van der Waals surface area contributed by atoms with Crippen LogP contribution in [0.2, 0.25) is 0 Å². The van der Waals surface area contributed by atoms with E-state index in [4.69, 9.17) is 29.2 Å². The highest BCUT2D eigenvalue weighted by Gasteiger charge is 2.42. The Bertz CT molecular complexity index is 4050. The number of pyridine rings is 3. The number of nitrogens with zero attached hydrogens (tertiary/aromatic N) is 13. The van der Waals surface area contributed by atoms with Crippen LogP contribution in [0.25, 0.3) is 32.3 Å². The summed E-state index contributed by atoms with van der Waals surface area (Å²) >= 11 is 0. The Morgan fingerprint density at radius 2 is 0.766 bits per heavy atom. The minimum absolute atomic E-state index is 0.111. The third-order valence-electron chi connectivity index (χ3n) is 20.3. The van der Waals surface area contributed by atoms with Crippen LogP contribution in [-0.2, 0) is 33.8 Å². The number of aryl methyl sites for hydroxylation is 3. The van der Waals surface area contributed by atoms with Gasteiger partial charge in [0.1, 0.15) is 17.5 Å². The number of hydrogen-bond donors (Lipinski definition) is 5. The van der Waals surface area contributed by atoms with Gasteiger partial charge >= 0.3 is 0 Å². The Labute approximate surface area is 552 Å². The molecule has 6 aromatic heterocycles. The molecule has 0 saturated carbocycles. The van der Waals surface area contributed by atoms with Crippen LogP contribution in [0.4, 0.5) is 34.9 Å². The quantitative estimate of drug-likeness (QED) is 0.0540. The van der Waals surface area contributed by atoms with Crippen LogP contribution in [0.15, 0.2) is 91.4 Å². The molecule has 94 heavy (non-hydrogen) atoms. The van der Waals surface area contributed by atoms with Gasteiger partial charge in [0, 0.05) is 90.2 Å². The largest absolute Gasteiger partial charge is 0.374 e. The van der Waals surface area contributed by atoms with Crippen molar-refractivity contribution in [1.29, 1.82) is 0 Å². The number of hydrogen-bond acceptors (Lipinski definition) is 21. The van der Waals surface area contributed by atoms with Crippen LogP contribution in [0, 0.1) is 41.5 Å². The van der Waals surface area contributed by atoms with Crippen molar-refractivity contribution in [3.63, 3.8) is 0 Å². The molecule has 5 N–H and O–H groups in total. The molecule has 492 valence electrons. The van der Waals surface area contributed by atoms with E-state index in [1.165, 1.54) is 50.1 Å². The maximum Gasteiger partial charge on any atom is 0.157 e. The molecular weight excluding hydrogens is 1180 g/mol. The molecule has 6 saturated heterocycles. The summed E-state index contributed by atoms with van der Waals surface area (Å²) in [6, 6.07) is 27.5. The molecule has 6 aliphatic heterocycles. The molecule has 0 aliphatic carbocycles. The molecule has 9 atom stereocenters. The summed E-state index contributed by atoms with van der Waals surface area (Å²) < 4.78 is 17.3. The first kappa shape index (κ1) is 64.4. The Morgan fingerprint density at radius 3 is 1.05 bits per heavy atom. The first-order chi connectivity index (χ1) is 45.5. The van der Waals surface area contributed by atoms with Crippen molar-refractivity contribution in [2.45, 2.75) is 156 Å². The zero-order chi connectivity index (χ0) is 65.5. The molecule has 12 heterocycles. The molecule has 0 spiro atoms. The predicted octanol–water partition coefficient (Wildman–Crippen LogP) is 10.9. The number of aromatic nitrogens is 9. The Hall–Kier alpha value is -8.31. The zero-order valence-electron chi connectivity index (χ0n) is 56.9. The first-order valence-electron chi connectivity index (χ1n) is 33.5. The molecule has 3 aromatic carbocycles. The summed E-state index contributed by atoms with van der Waals surface area (Å²) in [6.07, 6.45) is 10.1. The normalized spacial score (nSPS) is 21.1. The number of rotatable bonds is 18. The van der Waals surface area contributed by atoms with Gasteiger partial charge in [-0.2, -0.15) is 15.3 Å². The molecular formula is C73H92N18O3. The van der Waals surface area contributed by atoms with Gasteiger partial charge < -0.3 is 60.4 Å². The van der Waals surface area contributed by atoms with Crippen LogP contribution in [0.1, 0.15) is 125 Å². The maximum atomic E-state index is 5.79. The van der Waals surface area contributed by atoms with E-state index in [0.717, 1.165) is 150 Å². The van der Waals surface area contributed by atoms with Gasteiger partial charge in [0.2, 0.25) is 0 Å². The average molecular weight is 1270 g/mol. The highest BCUT2D eigenvalue weighted by molar-refractivity contribution is 5.96. The molecule has 6 aliphatic rings. The highest BCUT2D eigenvalue weighted by Crippen LogP contribution is 2.40. The monoisotopic (exact) mass is 1270 g/mol. The second-order valence-corrected chi connectivity index (χ2v) is 27.0. The van der Waals surface area contributed by atoms with Gasteiger partial charge in [-0.15, -0.1) is 15.3 Å². The minimum Gasteiger partial charge on any atom is -0.374 e. The number of nitrogens with one attached hydrogen (secondary N) is 5. The first-order valence-corrected chi connectivity index (χ1v) is 33.5. The Balaban J connectivity index is 0.000000128. The summed E-state index contributed by atoms with van der Waals surface area (Å²) in [5.41, 5.74) is 14.4. The third-order valence-corrected chi connectivity index (χ3v) is 20.3. The SMILES string of the molecule is CNCc1nnc(N[C@H](C)c2cccc(C)c2C)c2cc(N3C[C@H]4C[C@@H]3CO4)ncc12.CNCc1nnc(N[C@H](C)c2cccc(C)c2C)c2cc(N3C[C@H]4C[C@@H]3CO4)ncc12.Cc1cccc([C@@H](C)Nc2nnc(CN(C)C)c3cnc(N4C[C@H]5C[C@@H]4CO5)cc23)c1C. The van der Waals surface area contributed by atoms with Crippen molar-refractivity contribution in [2.24, 2.45) is 0 Å². The molecule has 0 radical (unpaired) electrons. The number of morpholine rings is 3. The lowest BCUT2D eigenvalue weighted by molar-refractivity contribution is 0.0988. The van der Waals surface area contributed by atoms with Gasteiger partial charge in [-0.1, -0.05) is 54.6 Å². The van der Waals surface area contributed by atoms with Crippen LogP contribution < -0.4 is 41.3 Å². The van der Waals surface area contributed by atoms with E-state index in [2.05, 4.69) is 212 Å². The van der Waals surface area contributed by atoms with Crippen LogP contribution in [-0.4, -0.2) is 155 Å². The molecule has 6 bridgehead atoms. The lowest BCUT2D eigenvalue weighted by atomic mass is 9.98. The van der Waals surface area contributed by atoms with E-state index < -0.39 is 0 Å². The Kier molecular flexibility index (Phi) is 18.9. The molecule has 9 aromatic rings. The highest BCUT2D eigenvalue weighted by atomic mass is 16.5. The van der Waals surface area contributed by atoms with Gasteiger partial charge in [-0.3, -0.25) is 0 Å². The summed E-state index contributed by atoms with van der Waals surface area (Å²) in [4.78, 5) is 23.7. The predicted molar refractivity (Wildman–Crippen MR) is 375 cm³/mol. The van der Waals surface area contributed by atoms with E-state index in [-0.39, 0.29) is 18.1 Å². The molecule has 21 nitrogen and oxygen atoms in total. The summed E-state index contributed by atoms with van der Waals surface area (Å²) in [5, 5.41) is 51.0. The second-order valence-electron chi connectivity index (χ2n) is 27.0. The van der Waals surface area contributed by atoms with Crippen LogP contribution in [0.5, 0.6) is 0 Å². The van der Waals surface area contributed by atoms with E-state index in [1.807, 2.05) is 46.8 Å². The summed E-state index contributed by atoms with van der Waals surface area (Å²) in [5.74, 6) is 5.39. The van der Waals surface area contributed by atoms with Crippen molar-refractivity contribution < 1.29 is 14.2 Å². The fourth-order valence-electron chi connectivity index (χ4n) is 14.7. The van der Waals surface area contributed by atoms with E-state index in [0.29, 0.717) is 49.5 Å². The molecule has 0 unspecified atom stereocenters. The average Bonchev–Trinajstić information content (AvgIpc) is 1.49. The van der Waals surface area contributed by atoms with E-state index in [1.54, 1.807) is 0 Å². The molecule has 6 fully saturated rings. The zero-order valence-corrected chi connectivity index (χ0v) is 56.9. The second kappa shape index (κ2) is 27.6. The van der Waals surface area contributed by atoms with Gasteiger partial charge in [0.05, 0.1) is 91.5 Å². The van der Waals surface area contributed by atoms with Crippen LogP contribution in [0.3, 0.4) is 0 Å². The van der Waals surface area contributed by atoms with Crippen molar-refractivity contribution in [3.8, 4) is 0 Å². The summed E-state index contributed by atoms with van der Waals surface area (Å²) in [7, 11) is 7.94. The lowest BCUT2D eigenvalue weighted by Gasteiger charge is -2.28. The van der Waals surface area contributed by atoms with Crippen molar-refractivity contribution in [2.75, 3.05) is 98.3 Å². The van der Waals surface area contributed by atoms with Gasteiger partial charge in [-0.05, 0) is 178 Å².